The highest BCUT2D eigenvalue weighted by Crippen LogP contribution is 2.31. The molecule has 5 rings (SSSR count). The van der Waals surface area contributed by atoms with Crippen LogP contribution in [0.2, 0.25) is 0 Å². The molecule has 2 aromatic carbocycles. The summed E-state index contributed by atoms with van der Waals surface area (Å²) in [4.78, 5) is 11.7. The van der Waals surface area contributed by atoms with E-state index in [1.54, 1.807) is 11.3 Å². The molecule has 144 valence electrons. The molecular weight excluding hydrogens is 378 g/mol. The number of anilines is 1. The zero-order valence-corrected chi connectivity index (χ0v) is 16.8. The molecule has 1 fully saturated rings. The van der Waals surface area contributed by atoms with E-state index in [1.807, 2.05) is 18.3 Å². The van der Waals surface area contributed by atoms with Crippen LogP contribution in [0.5, 0.6) is 0 Å². The van der Waals surface area contributed by atoms with Gasteiger partial charge in [-0.05, 0) is 23.3 Å². The van der Waals surface area contributed by atoms with Gasteiger partial charge in [-0.15, -0.1) is 11.3 Å². The zero-order valence-electron chi connectivity index (χ0n) is 16.0. The summed E-state index contributed by atoms with van der Waals surface area (Å²) in [6.07, 6.45) is 1.87. The van der Waals surface area contributed by atoms with Gasteiger partial charge >= 0.3 is 0 Å². The van der Waals surface area contributed by atoms with Gasteiger partial charge in [-0.1, -0.05) is 54.6 Å². The first-order chi connectivity index (χ1) is 14.4. The van der Waals surface area contributed by atoms with E-state index >= 15 is 0 Å². The number of ether oxygens (including phenoxy) is 1. The predicted octanol–water partition coefficient (Wildman–Crippen LogP) is 5.38. The number of morpholine rings is 1. The molecule has 0 unspecified atom stereocenters. The van der Waals surface area contributed by atoms with Crippen molar-refractivity contribution in [3.63, 3.8) is 0 Å². The number of aromatic nitrogens is 2. The number of hydrogen-bond acceptors (Lipinski definition) is 5. The summed E-state index contributed by atoms with van der Waals surface area (Å²) in [6, 6.07) is 23.2. The first-order valence-corrected chi connectivity index (χ1v) is 10.7. The summed E-state index contributed by atoms with van der Waals surface area (Å²) >= 11 is 1.67. The van der Waals surface area contributed by atoms with Crippen molar-refractivity contribution in [3.05, 3.63) is 78.3 Å². The van der Waals surface area contributed by atoms with Gasteiger partial charge < -0.3 is 9.64 Å². The fourth-order valence-electron chi connectivity index (χ4n) is 3.52. The second-order valence-electron chi connectivity index (χ2n) is 6.98. The Kier molecular flexibility index (Phi) is 5.07. The minimum atomic E-state index is 0.756. The van der Waals surface area contributed by atoms with Gasteiger partial charge in [-0.3, -0.25) is 0 Å². The molecule has 0 saturated carbocycles. The molecule has 2 aromatic heterocycles. The SMILES string of the molecule is c1ccc(-c2ccc(-c3csc(-c4ccnc(N5CCOCC5)c4)n3)cc2)cc1. The highest BCUT2D eigenvalue weighted by molar-refractivity contribution is 7.13. The van der Waals surface area contributed by atoms with Crippen LogP contribution in [0.4, 0.5) is 5.82 Å². The second-order valence-corrected chi connectivity index (χ2v) is 7.84. The van der Waals surface area contributed by atoms with Crippen molar-refractivity contribution in [1.29, 1.82) is 0 Å². The minimum Gasteiger partial charge on any atom is -0.378 e. The van der Waals surface area contributed by atoms with Gasteiger partial charge in [0.2, 0.25) is 0 Å². The van der Waals surface area contributed by atoms with Crippen LogP contribution in [0.3, 0.4) is 0 Å². The number of thiazole rings is 1. The van der Waals surface area contributed by atoms with Gasteiger partial charge in [0.25, 0.3) is 0 Å². The zero-order chi connectivity index (χ0) is 19.5. The molecule has 0 radical (unpaired) electrons. The Labute approximate surface area is 174 Å². The van der Waals surface area contributed by atoms with Gasteiger partial charge in [0.15, 0.2) is 0 Å². The molecule has 4 aromatic rings. The fourth-order valence-corrected chi connectivity index (χ4v) is 4.35. The van der Waals surface area contributed by atoms with Crippen LogP contribution in [-0.2, 0) is 4.74 Å². The largest absolute Gasteiger partial charge is 0.378 e. The number of benzene rings is 2. The van der Waals surface area contributed by atoms with Crippen molar-refractivity contribution >= 4 is 17.2 Å². The molecule has 3 heterocycles. The second kappa shape index (κ2) is 8.15. The Morgan fingerprint density at radius 1 is 0.793 bits per heavy atom. The van der Waals surface area contributed by atoms with Gasteiger partial charge in [0.1, 0.15) is 10.8 Å². The van der Waals surface area contributed by atoms with Crippen LogP contribution in [-0.4, -0.2) is 36.3 Å². The highest BCUT2D eigenvalue weighted by atomic mass is 32.1. The molecule has 1 saturated heterocycles. The fraction of sp³-hybridized carbons (Fsp3) is 0.167. The normalized spacial score (nSPS) is 14.1. The lowest BCUT2D eigenvalue weighted by atomic mass is 10.0. The van der Waals surface area contributed by atoms with Crippen LogP contribution in [0.15, 0.2) is 78.3 Å². The van der Waals surface area contributed by atoms with Gasteiger partial charge in [-0.25, -0.2) is 9.97 Å². The predicted molar refractivity (Wildman–Crippen MR) is 119 cm³/mol. The molecule has 0 aliphatic carbocycles. The first-order valence-electron chi connectivity index (χ1n) is 9.77. The van der Waals surface area contributed by atoms with E-state index in [0.29, 0.717) is 0 Å². The van der Waals surface area contributed by atoms with E-state index in [9.17, 15) is 0 Å². The molecule has 0 atom stereocenters. The third kappa shape index (κ3) is 3.92. The number of pyridine rings is 1. The molecule has 0 spiro atoms. The standard InChI is InChI=1S/C24H21N3OS/c1-2-4-18(5-3-1)19-6-8-20(9-7-19)22-17-29-24(26-22)21-10-11-25-23(16-21)27-12-14-28-15-13-27/h1-11,16-17H,12-15H2. The lowest BCUT2D eigenvalue weighted by molar-refractivity contribution is 0.122. The van der Waals surface area contributed by atoms with Crippen molar-refractivity contribution in [1.82, 2.24) is 9.97 Å². The van der Waals surface area contributed by atoms with Crippen molar-refractivity contribution in [2.45, 2.75) is 0 Å². The van der Waals surface area contributed by atoms with Gasteiger partial charge in [0, 0.05) is 35.8 Å². The molecule has 0 amide bonds. The molecule has 5 heteroatoms. The molecule has 1 aliphatic heterocycles. The van der Waals surface area contributed by atoms with Crippen LogP contribution in [0, 0.1) is 0 Å². The number of hydrogen-bond donors (Lipinski definition) is 0. The van der Waals surface area contributed by atoms with Crippen molar-refractivity contribution in [3.8, 4) is 33.0 Å². The summed E-state index contributed by atoms with van der Waals surface area (Å²) in [5, 5.41) is 3.14. The van der Waals surface area contributed by atoms with Crippen LogP contribution >= 0.6 is 11.3 Å². The summed E-state index contributed by atoms with van der Waals surface area (Å²) < 4.78 is 5.45. The smallest absolute Gasteiger partial charge is 0.129 e. The monoisotopic (exact) mass is 399 g/mol. The summed E-state index contributed by atoms with van der Waals surface area (Å²) in [5.41, 5.74) is 5.70. The first kappa shape index (κ1) is 18.0. The Bertz CT molecular complexity index is 1090. The highest BCUT2D eigenvalue weighted by Gasteiger charge is 2.14. The van der Waals surface area contributed by atoms with E-state index in [1.165, 1.54) is 11.1 Å². The average Bonchev–Trinajstić information content (AvgIpc) is 3.31. The van der Waals surface area contributed by atoms with E-state index in [-0.39, 0.29) is 0 Å². The van der Waals surface area contributed by atoms with Crippen LogP contribution in [0.25, 0.3) is 33.0 Å². The van der Waals surface area contributed by atoms with Gasteiger partial charge in [0.05, 0.1) is 18.9 Å². The lowest BCUT2D eigenvalue weighted by Crippen LogP contribution is -2.36. The number of nitrogens with zero attached hydrogens (tertiary/aromatic N) is 3. The summed E-state index contributed by atoms with van der Waals surface area (Å²) in [5.74, 6) is 0.995. The molecule has 0 bridgehead atoms. The Morgan fingerprint density at radius 2 is 1.52 bits per heavy atom. The van der Waals surface area contributed by atoms with Crippen LogP contribution < -0.4 is 4.90 Å². The van der Waals surface area contributed by atoms with Crippen molar-refractivity contribution in [2.75, 3.05) is 31.2 Å². The van der Waals surface area contributed by atoms with Crippen LogP contribution in [0.1, 0.15) is 0 Å². The Hall–Kier alpha value is -3.02. The molecule has 0 N–H and O–H groups in total. The topological polar surface area (TPSA) is 38.2 Å². The molecule has 1 aliphatic rings. The van der Waals surface area contributed by atoms with Crippen molar-refractivity contribution < 1.29 is 4.74 Å². The van der Waals surface area contributed by atoms with E-state index in [0.717, 1.165) is 53.9 Å². The van der Waals surface area contributed by atoms with Gasteiger partial charge in [-0.2, -0.15) is 0 Å². The Morgan fingerprint density at radius 3 is 2.31 bits per heavy atom. The maximum atomic E-state index is 5.45. The van der Waals surface area contributed by atoms with E-state index < -0.39 is 0 Å². The molecule has 4 nitrogen and oxygen atoms in total. The quantitative estimate of drug-likeness (QED) is 0.462. The molecular formula is C24H21N3OS. The maximum absolute atomic E-state index is 5.45. The lowest BCUT2D eigenvalue weighted by Gasteiger charge is -2.27. The third-order valence-electron chi connectivity index (χ3n) is 5.12. The minimum absolute atomic E-state index is 0.756. The van der Waals surface area contributed by atoms with Crippen molar-refractivity contribution in [2.24, 2.45) is 0 Å². The maximum Gasteiger partial charge on any atom is 0.129 e. The third-order valence-corrected chi connectivity index (χ3v) is 6.01. The average molecular weight is 400 g/mol. The number of rotatable bonds is 4. The summed E-state index contributed by atoms with van der Waals surface area (Å²) in [7, 11) is 0. The van der Waals surface area contributed by atoms with E-state index in [4.69, 9.17) is 9.72 Å². The summed E-state index contributed by atoms with van der Waals surface area (Å²) in [6.45, 7) is 3.28. The Balaban J connectivity index is 1.38. The van der Waals surface area contributed by atoms with E-state index in [2.05, 4.69) is 69.9 Å². The molecule has 29 heavy (non-hydrogen) atoms.